The van der Waals surface area contributed by atoms with Gasteiger partial charge in [-0.05, 0) is 234 Å². The molecule has 0 saturated heterocycles. The first-order valence-corrected chi connectivity index (χ1v) is 40.5. The Labute approximate surface area is 691 Å². The van der Waals surface area contributed by atoms with Gasteiger partial charge in [0.25, 0.3) is 0 Å². The second-order valence-electron chi connectivity index (χ2n) is 29.9. The summed E-state index contributed by atoms with van der Waals surface area (Å²) in [6.45, 7) is 0. The molecule has 0 radical (unpaired) electrons. The molecule has 0 spiro atoms. The summed E-state index contributed by atoms with van der Waals surface area (Å²) >= 11 is 0. The van der Waals surface area contributed by atoms with E-state index >= 15 is 0 Å². The van der Waals surface area contributed by atoms with Crippen molar-refractivity contribution < 1.29 is 0 Å². The first-order chi connectivity index (χ1) is 58.5. The molecule has 556 valence electrons. The number of fused-ring (bicyclic) bond motifs is 2. The van der Waals surface area contributed by atoms with Crippen molar-refractivity contribution in [3.8, 4) is 134 Å². The molecule has 0 saturated carbocycles. The monoisotopic (exact) mass is 1500 g/mol. The molecule has 118 heavy (non-hydrogen) atoms. The zero-order chi connectivity index (χ0) is 78.8. The van der Waals surface area contributed by atoms with Gasteiger partial charge < -0.3 is 9.80 Å². The Morgan fingerprint density at radius 2 is 0.305 bits per heavy atom. The van der Waals surface area contributed by atoms with E-state index in [-0.39, 0.29) is 0 Å². The van der Waals surface area contributed by atoms with Gasteiger partial charge in [-0.2, -0.15) is 0 Å². The average Bonchev–Trinajstić information content (AvgIpc) is 0.925. The van der Waals surface area contributed by atoms with Gasteiger partial charge in [0.05, 0.1) is 0 Å². The third-order valence-corrected chi connectivity index (χ3v) is 22.6. The Morgan fingerprint density at radius 1 is 0.102 bits per heavy atom. The lowest BCUT2D eigenvalue weighted by Crippen LogP contribution is -2.10. The Hall–Kier alpha value is -15.5. The Kier molecular flexibility index (Phi) is 20.8. The molecule has 20 rings (SSSR count). The van der Waals surface area contributed by atoms with Crippen molar-refractivity contribution in [2.24, 2.45) is 0 Å². The maximum atomic E-state index is 2.38. The Bertz CT molecular complexity index is 6790. The molecule has 0 aliphatic rings. The normalized spacial score (nSPS) is 11.1. The van der Waals surface area contributed by atoms with Gasteiger partial charge >= 0.3 is 0 Å². The molecule has 0 N–H and O–H groups in total. The van der Waals surface area contributed by atoms with E-state index in [1.165, 1.54) is 150 Å². The fraction of sp³-hybridized carbons (Fsp3) is 0. The molecule has 0 fully saturated rings. The van der Waals surface area contributed by atoms with Crippen LogP contribution >= 0.6 is 0 Å². The molecule has 0 atom stereocenters. The molecule has 2 heteroatoms. The Balaban J connectivity index is 0.000000157. The number of hydrogen-bond acceptors (Lipinski definition) is 2. The maximum Gasteiger partial charge on any atom is 0.0468 e. The van der Waals surface area contributed by atoms with Gasteiger partial charge in [-0.3, -0.25) is 0 Å². The first-order valence-electron chi connectivity index (χ1n) is 40.5. The van der Waals surface area contributed by atoms with E-state index in [4.69, 9.17) is 0 Å². The largest absolute Gasteiger partial charge is 0.310 e. The van der Waals surface area contributed by atoms with Crippen LogP contribution < -0.4 is 9.80 Å². The van der Waals surface area contributed by atoms with Gasteiger partial charge in [0.1, 0.15) is 0 Å². The summed E-state index contributed by atoms with van der Waals surface area (Å²) in [5.74, 6) is 0. The highest BCUT2D eigenvalue weighted by Gasteiger charge is 2.22. The topological polar surface area (TPSA) is 6.48 Å². The van der Waals surface area contributed by atoms with E-state index in [1.54, 1.807) is 0 Å². The summed E-state index contributed by atoms with van der Waals surface area (Å²) in [7, 11) is 0. The maximum absolute atomic E-state index is 2.38. The van der Waals surface area contributed by atoms with E-state index in [0.717, 1.165) is 39.7 Å². The summed E-state index contributed by atoms with van der Waals surface area (Å²) in [6, 6.07) is 180. The highest BCUT2D eigenvalue weighted by atomic mass is 15.1. The number of nitrogens with zero attached hydrogens (tertiary/aromatic N) is 2. The van der Waals surface area contributed by atoms with E-state index in [9.17, 15) is 0 Å². The highest BCUT2D eigenvalue weighted by molar-refractivity contribution is 6.00. The van der Waals surface area contributed by atoms with Gasteiger partial charge in [0, 0.05) is 34.1 Å². The number of rotatable bonds is 18. The average molecular weight is 1500 g/mol. The second-order valence-corrected chi connectivity index (χ2v) is 29.9. The van der Waals surface area contributed by atoms with Crippen LogP contribution in [0.25, 0.3) is 155 Å². The van der Waals surface area contributed by atoms with Crippen molar-refractivity contribution in [2.45, 2.75) is 0 Å². The van der Waals surface area contributed by atoms with Crippen molar-refractivity contribution in [2.75, 3.05) is 9.80 Å². The minimum atomic E-state index is 1.08. The Morgan fingerprint density at radius 3 is 0.636 bits per heavy atom. The van der Waals surface area contributed by atoms with Crippen molar-refractivity contribution in [3.63, 3.8) is 0 Å². The lowest BCUT2D eigenvalue weighted by molar-refractivity contribution is 1.28. The molecule has 0 bridgehead atoms. The van der Waals surface area contributed by atoms with Gasteiger partial charge in [-0.1, -0.05) is 419 Å². The van der Waals surface area contributed by atoms with Crippen molar-refractivity contribution >= 4 is 55.7 Å². The lowest BCUT2D eigenvalue weighted by Gasteiger charge is -2.27. The fourth-order valence-electron chi connectivity index (χ4n) is 16.5. The zero-order valence-corrected chi connectivity index (χ0v) is 65.2. The molecule has 0 heterocycles. The highest BCUT2D eigenvalue weighted by Crippen LogP contribution is 2.46. The van der Waals surface area contributed by atoms with Crippen molar-refractivity contribution in [1.82, 2.24) is 0 Å². The van der Waals surface area contributed by atoms with Gasteiger partial charge in [-0.25, -0.2) is 0 Å². The number of anilines is 6. The summed E-state index contributed by atoms with van der Waals surface area (Å²) in [5, 5.41) is 5.00. The predicted molar refractivity (Wildman–Crippen MR) is 502 cm³/mol. The number of hydrogen-bond donors (Lipinski definition) is 0. The minimum absolute atomic E-state index is 1.08. The van der Waals surface area contributed by atoms with Crippen LogP contribution in [0.5, 0.6) is 0 Å². The summed E-state index contributed by atoms with van der Waals surface area (Å²) in [4.78, 5) is 4.76. The molecule has 0 unspecified atom stereocenters. The summed E-state index contributed by atoms with van der Waals surface area (Å²) in [5.41, 5.74) is 35.2. The van der Waals surface area contributed by atoms with Crippen LogP contribution in [0.2, 0.25) is 0 Å². The van der Waals surface area contributed by atoms with Crippen LogP contribution in [0.4, 0.5) is 34.1 Å². The molecule has 0 amide bonds. The lowest BCUT2D eigenvalue weighted by atomic mass is 9.91. The molecule has 0 aliphatic carbocycles. The van der Waals surface area contributed by atoms with Crippen molar-refractivity contribution in [1.29, 1.82) is 0 Å². The van der Waals surface area contributed by atoms with E-state index in [1.807, 2.05) is 0 Å². The standard InChI is InChI=1S/2C58H41N/c1-4-14-42(15-5-1)45-26-28-49(29-27-45)58-41-54(38-39-57(58)51-23-12-22-50(40-51)44-18-8-3-9-19-44)59(52-34-30-46(31-35-52)43-16-6-2-7-17-43)53-36-32-48(33-37-53)56-25-13-21-47-20-10-11-24-55(47)56;1-4-13-42(14-5-1)45-23-27-49(28-24-45)57-40-39-54(41-58(57)51-29-25-46(26-30-51)43-15-6-2-7-16-43)59(52-35-31-47(32-36-52)44-17-8-3-9-18-44)53-37-33-50(34-38-53)56-22-12-20-48-19-10-11-21-55(48)56/h2*1-41H. The predicted octanol–water partition coefficient (Wildman–Crippen LogP) is 32.6. The number of benzene rings is 20. The van der Waals surface area contributed by atoms with Crippen LogP contribution in [0.3, 0.4) is 0 Å². The fourth-order valence-corrected chi connectivity index (χ4v) is 16.5. The molecular formula is C116H82N2. The molecular weight excluding hydrogens is 1420 g/mol. The first kappa shape index (κ1) is 72.7. The van der Waals surface area contributed by atoms with Gasteiger partial charge in [-0.15, -0.1) is 0 Å². The molecule has 0 aliphatic heterocycles. The molecule has 20 aromatic carbocycles. The second kappa shape index (κ2) is 33.7. The smallest absolute Gasteiger partial charge is 0.0468 e. The van der Waals surface area contributed by atoms with E-state index in [2.05, 4.69) is 507 Å². The van der Waals surface area contributed by atoms with Crippen LogP contribution in [0.1, 0.15) is 0 Å². The molecule has 2 nitrogen and oxygen atoms in total. The summed E-state index contributed by atoms with van der Waals surface area (Å²) in [6.07, 6.45) is 0. The molecule has 0 aromatic heterocycles. The SMILES string of the molecule is c1ccc(-c2ccc(-c3cc(N(c4ccc(-c5ccccc5)cc4)c4ccc(-c5cccc6ccccc56)cc4)ccc3-c3cccc(-c4ccccc4)c3)cc2)cc1.c1ccc(-c2ccc(-c3ccc(N(c4ccc(-c5ccccc5)cc4)c4ccc(-c5cccc6ccccc56)cc4)cc3-c3ccc(-c4ccccc4)cc3)cc2)cc1. The minimum Gasteiger partial charge on any atom is -0.310 e. The molecule has 20 aromatic rings. The third-order valence-electron chi connectivity index (χ3n) is 22.6. The van der Waals surface area contributed by atoms with Gasteiger partial charge in [0.15, 0.2) is 0 Å². The zero-order valence-electron chi connectivity index (χ0n) is 65.2. The van der Waals surface area contributed by atoms with Crippen LogP contribution in [0, 0.1) is 0 Å². The van der Waals surface area contributed by atoms with Crippen LogP contribution in [-0.2, 0) is 0 Å². The van der Waals surface area contributed by atoms with Gasteiger partial charge in [0.2, 0.25) is 0 Å². The third kappa shape index (κ3) is 15.6. The van der Waals surface area contributed by atoms with E-state index < -0.39 is 0 Å². The van der Waals surface area contributed by atoms with Crippen LogP contribution in [-0.4, -0.2) is 0 Å². The quantitative estimate of drug-likeness (QED) is 0.0845. The van der Waals surface area contributed by atoms with Crippen molar-refractivity contribution in [3.05, 3.63) is 497 Å². The summed E-state index contributed by atoms with van der Waals surface area (Å²) < 4.78 is 0. The van der Waals surface area contributed by atoms with Crippen LogP contribution in [0.15, 0.2) is 497 Å². The van der Waals surface area contributed by atoms with E-state index in [0.29, 0.717) is 0 Å².